The molecule has 0 aromatic heterocycles. The smallest absolute Gasteiger partial charge is 0.260 e. The van der Waals surface area contributed by atoms with Crippen LogP contribution in [-0.2, 0) is 10.5 Å². The predicted molar refractivity (Wildman–Crippen MR) is 111 cm³/mol. The maximum atomic E-state index is 13.6. The molecule has 0 bridgehead atoms. The van der Waals surface area contributed by atoms with Crippen LogP contribution in [0.1, 0.15) is 43.4 Å². The fourth-order valence-corrected chi connectivity index (χ4v) is 3.50. The largest absolute Gasteiger partial charge is 0.481 e. The number of carbonyl (C=O) groups excluding carboxylic acids is 1. The highest BCUT2D eigenvalue weighted by Gasteiger charge is 2.17. The third-order valence-corrected chi connectivity index (χ3v) is 5.23. The number of thioether (sulfide) groups is 1. The molecular formula is C22H28FNO2S. The SMILES string of the molecule is Cc1ccc(C(C)C)c(O[C@@H](C)C(=O)NCCSCc2ccccc2F)c1. The number of aryl methyl sites for hydroxylation is 1. The Labute approximate surface area is 165 Å². The molecule has 146 valence electrons. The number of nitrogens with one attached hydrogen (secondary N) is 1. The number of ether oxygens (including phenoxy) is 1. The van der Waals surface area contributed by atoms with Gasteiger partial charge in [0.25, 0.3) is 5.91 Å². The van der Waals surface area contributed by atoms with Crippen molar-refractivity contribution in [2.45, 2.75) is 45.5 Å². The summed E-state index contributed by atoms with van der Waals surface area (Å²) in [4.78, 5) is 12.3. The van der Waals surface area contributed by atoms with Crippen LogP contribution in [0.3, 0.4) is 0 Å². The maximum absolute atomic E-state index is 13.6. The zero-order valence-corrected chi connectivity index (χ0v) is 17.2. The highest BCUT2D eigenvalue weighted by atomic mass is 32.2. The van der Waals surface area contributed by atoms with E-state index in [1.165, 1.54) is 6.07 Å². The third-order valence-electron chi connectivity index (χ3n) is 4.23. The first-order valence-electron chi connectivity index (χ1n) is 9.24. The molecule has 0 spiro atoms. The lowest BCUT2D eigenvalue weighted by molar-refractivity contribution is -0.127. The summed E-state index contributed by atoms with van der Waals surface area (Å²) in [6, 6.07) is 12.8. The van der Waals surface area contributed by atoms with E-state index in [1.807, 2.05) is 19.1 Å². The molecule has 0 saturated carbocycles. The van der Waals surface area contributed by atoms with Gasteiger partial charge in [0.05, 0.1) is 0 Å². The topological polar surface area (TPSA) is 38.3 Å². The first-order valence-corrected chi connectivity index (χ1v) is 10.4. The molecule has 27 heavy (non-hydrogen) atoms. The van der Waals surface area contributed by atoms with Gasteiger partial charge in [0, 0.05) is 18.1 Å². The Morgan fingerprint density at radius 3 is 2.63 bits per heavy atom. The second-order valence-corrected chi connectivity index (χ2v) is 8.00. The van der Waals surface area contributed by atoms with Crippen molar-refractivity contribution in [3.05, 3.63) is 65.0 Å². The Morgan fingerprint density at radius 2 is 1.93 bits per heavy atom. The molecule has 2 aromatic carbocycles. The molecule has 0 aliphatic carbocycles. The number of hydrogen-bond donors (Lipinski definition) is 1. The van der Waals surface area contributed by atoms with Crippen molar-refractivity contribution in [2.75, 3.05) is 12.3 Å². The van der Waals surface area contributed by atoms with Gasteiger partial charge in [0.2, 0.25) is 0 Å². The predicted octanol–water partition coefficient (Wildman–Crippen LogP) is 5.07. The van der Waals surface area contributed by atoms with E-state index in [-0.39, 0.29) is 11.7 Å². The zero-order chi connectivity index (χ0) is 19.8. The molecule has 0 fully saturated rings. The van der Waals surface area contributed by atoms with Crippen LogP contribution >= 0.6 is 11.8 Å². The molecule has 2 rings (SSSR count). The molecule has 1 N–H and O–H groups in total. The average molecular weight is 390 g/mol. The van der Waals surface area contributed by atoms with Gasteiger partial charge in [-0.25, -0.2) is 4.39 Å². The van der Waals surface area contributed by atoms with Crippen molar-refractivity contribution in [3.63, 3.8) is 0 Å². The van der Waals surface area contributed by atoms with E-state index in [9.17, 15) is 9.18 Å². The van der Waals surface area contributed by atoms with Crippen LogP contribution in [0.4, 0.5) is 4.39 Å². The quantitative estimate of drug-likeness (QED) is 0.608. The normalized spacial score (nSPS) is 12.1. The summed E-state index contributed by atoms with van der Waals surface area (Å²) in [6.07, 6.45) is -0.569. The maximum Gasteiger partial charge on any atom is 0.260 e. The molecule has 0 heterocycles. The van der Waals surface area contributed by atoms with E-state index >= 15 is 0 Å². The Kier molecular flexibility index (Phi) is 8.17. The van der Waals surface area contributed by atoms with Gasteiger partial charge >= 0.3 is 0 Å². The molecule has 0 radical (unpaired) electrons. The van der Waals surface area contributed by atoms with Gasteiger partial charge in [-0.15, -0.1) is 0 Å². The number of carbonyl (C=O) groups is 1. The second-order valence-electron chi connectivity index (χ2n) is 6.89. The first-order chi connectivity index (χ1) is 12.9. The lowest BCUT2D eigenvalue weighted by atomic mass is 10.0. The summed E-state index contributed by atoms with van der Waals surface area (Å²) in [5.41, 5.74) is 2.89. The van der Waals surface area contributed by atoms with E-state index in [1.54, 1.807) is 30.8 Å². The molecule has 3 nitrogen and oxygen atoms in total. The minimum atomic E-state index is -0.569. The fourth-order valence-electron chi connectivity index (χ4n) is 2.65. The van der Waals surface area contributed by atoms with Crippen molar-refractivity contribution < 1.29 is 13.9 Å². The summed E-state index contributed by atoms with van der Waals surface area (Å²) < 4.78 is 19.5. The second kappa shape index (κ2) is 10.4. The van der Waals surface area contributed by atoms with Crippen LogP contribution in [0.25, 0.3) is 0 Å². The molecule has 0 aliphatic rings. The first kappa shape index (κ1) is 21.3. The molecule has 0 saturated heterocycles. The highest BCUT2D eigenvalue weighted by molar-refractivity contribution is 7.98. The minimum Gasteiger partial charge on any atom is -0.481 e. The number of halogens is 1. The van der Waals surface area contributed by atoms with Gasteiger partial charge in [-0.05, 0) is 48.6 Å². The van der Waals surface area contributed by atoms with Gasteiger partial charge in [-0.1, -0.05) is 44.2 Å². The van der Waals surface area contributed by atoms with Gasteiger partial charge < -0.3 is 10.1 Å². The number of hydrogen-bond acceptors (Lipinski definition) is 3. The monoisotopic (exact) mass is 389 g/mol. The molecule has 0 aliphatic heterocycles. The highest BCUT2D eigenvalue weighted by Crippen LogP contribution is 2.28. The van der Waals surface area contributed by atoms with E-state index in [2.05, 4.69) is 31.3 Å². The van der Waals surface area contributed by atoms with E-state index < -0.39 is 6.10 Å². The summed E-state index contributed by atoms with van der Waals surface area (Å²) in [7, 11) is 0. The average Bonchev–Trinajstić information content (AvgIpc) is 2.62. The van der Waals surface area contributed by atoms with E-state index in [4.69, 9.17) is 4.74 Å². The Morgan fingerprint density at radius 1 is 1.19 bits per heavy atom. The van der Waals surface area contributed by atoms with Crippen molar-refractivity contribution in [1.82, 2.24) is 5.32 Å². The third kappa shape index (κ3) is 6.58. The van der Waals surface area contributed by atoms with Crippen LogP contribution in [0.15, 0.2) is 42.5 Å². The van der Waals surface area contributed by atoms with Crippen LogP contribution in [0, 0.1) is 12.7 Å². The summed E-state index contributed by atoms with van der Waals surface area (Å²) in [5.74, 6) is 2.07. The van der Waals surface area contributed by atoms with Gasteiger partial charge in [-0.2, -0.15) is 11.8 Å². The lowest BCUT2D eigenvalue weighted by Gasteiger charge is -2.19. The molecule has 1 amide bonds. The molecule has 0 unspecified atom stereocenters. The number of amides is 1. The van der Waals surface area contributed by atoms with Crippen LogP contribution in [0.2, 0.25) is 0 Å². The summed E-state index contributed by atoms with van der Waals surface area (Å²) in [6.45, 7) is 8.50. The molecule has 5 heteroatoms. The van der Waals surface area contributed by atoms with Crippen molar-refractivity contribution in [3.8, 4) is 5.75 Å². The number of rotatable bonds is 9. The molecular weight excluding hydrogens is 361 g/mol. The Hall–Kier alpha value is -2.01. The lowest BCUT2D eigenvalue weighted by Crippen LogP contribution is -2.37. The Bertz CT molecular complexity index is 764. The van der Waals surface area contributed by atoms with E-state index in [0.29, 0.717) is 29.5 Å². The summed E-state index contributed by atoms with van der Waals surface area (Å²) in [5, 5.41) is 2.89. The van der Waals surface area contributed by atoms with Gasteiger partial charge in [0.1, 0.15) is 11.6 Å². The standard InChI is InChI=1S/C22H28FNO2S/c1-15(2)19-10-9-16(3)13-21(19)26-17(4)22(25)24-11-12-27-14-18-7-5-6-8-20(18)23/h5-10,13,15,17H,11-12,14H2,1-4H3,(H,24,25)/t17-/m0/s1. The summed E-state index contributed by atoms with van der Waals surface area (Å²) >= 11 is 1.59. The molecule has 1 atom stereocenters. The van der Waals surface area contributed by atoms with Gasteiger partial charge in [-0.3, -0.25) is 4.79 Å². The number of benzene rings is 2. The van der Waals surface area contributed by atoms with E-state index in [0.717, 1.165) is 16.9 Å². The van der Waals surface area contributed by atoms with Gasteiger partial charge in [0.15, 0.2) is 6.10 Å². The van der Waals surface area contributed by atoms with Crippen molar-refractivity contribution in [1.29, 1.82) is 0 Å². The van der Waals surface area contributed by atoms with Crippen molar-refractivity contribution in [2.24, 2.45) is 0 Å². The molecule has 2 aromatic rings. The minimum absolute atomic E-state index is 0.141. The van der Waals surface area contributed by atoms with Crippen LogP contribution in [-0.4, -0.2) is 24.3 Å². The van der Waals surface area contributed by atoms with Crippen molar-refractivity contribution >= 4 is 17.7 Å². The van der Waals surface area contributed by atoms with Crippen LogP contribution in [0.5, 0.6) is 5.75 Å². The van der Waals surface area contributed by atoms with Crippen LogP contribution < -0.4 is 10.1 Å². The Balaban J connectivity index is 1.78. The fraction of sp³-hybridized carbons (Fsp3) is 0.409. The zero-order valence-electron chi connectivity index (χ0n) is 16.4.